The number of nitrogens with zero attached hydrogens (tertiary/aromatic N) is 2. The summed E-state index contributed by atoms with van der Waals surface area (Å²) in [5, 5.41) is 10.8. The van der Waals surface area contributed by atoms with Gasteiger partial charge in [-0.05, 0) is 31.4 Å². The second-order valence-electron chi connectivity index (χ2n) is 4.54. The summed E-state index contributed by atoms with van der Waals surface area (Å²) in [6.07, 6.45) is 2.39. The molecule has 7 nitrogen and oxygen atoms in total. The Morgan fingerprint density at radius 2 is 2.16 bits per heavy atom. The molecule has 0 saturated heterocycles. The number of esters is 1. The van der Waals surface area contributed by atoms with E-state index in [0.717, 1.165) is 12.8 Å². The molecule has 2 atom stereocenters. The molecular weight excluding hydrogens is 248 g/mol. The van der Waals surface area contributed by atoms with E-state index < -0.39 is 5.91 Å². The number of nitrogens with two attached hydrogens (primary N) is 1. The fraction of sp³-hybridized carbons (Fsp3) is 0.500. The summed E-state index contributed by atoms with van der Waals surface area (Å²) in [7, 11) is 1.40. The third kappa shape index (κ3) is 3.18. The van der Waals surface area contributed by atoms with Crippen LogP contribution in [0.5, 0.6) is 0 Å². The SMILES string of the molecule is COC(=O)[C@H]1CC[C@@H](Nc2ccc(C(N)=O)nn2)C1. The van der Waals surface area contributed by atoms with E-state index in [4.69, 9.17) is 10.5 Å². The lowest BCUT2D eigenvalue weighted by Crippen LogP contribution is -2.20. The highest BCUT2D eigenvalue weighted by atomic mass is 16.5. The Morgan fingerprint density at radius 1 is 1.37 bits per heavy atom. The Bertz CT molecular complexity index is 474. The number of carbonyl (C=O) groups excluding carboxylic acids is 2. The summed E-state index contributed by atoms with van der Waals surface area (Å²) in [4.78, 5) is 22.3. The van der Waals surface area contributed by atoms with E-state index in [9.17, 15) is 9.59 Å². The van der Waals surface area contributed by atoms with Crippen LogP contribution in [0.3, 0.4) is 0 Å². The molecule has 0 bridgehead atoms. The molecule has 1 aromatic rings. The molecule has 1 aromatic heterocycles. The highest BCUT2D eigenvalue weighted by molar-refractivity contribution is 5.90. The van der Waals surface area contributed by atoms with E-state index in [-0.39, 0.29) is 23.6 Å². The number of nitrogens with one attached hydrogen (secondary N) is 1. The van der Waals surface area contributed by atoms with Crippen LogP contribution in [-0.2, 0) is 9.53 Å². The number of carbonyl (C=O) groups is 2. The second-order valence-corrected chi connectivity index (χ2v) is 4.54. The smallest absolute Gasteiger partial charge is 0.308 e. The molecule has 0 aliphatic heterocycles. The summed E-state index contributed by atoms with van der Waals surface area (Å²) < 4.78 is 4.73. The first-order valence-electron chi connectivity index (χ1n) is 6.08. The molecule has 1 fully saturated rings. The molecule has 0 radical (unpaired) electrons. The van der Waals surface area contributed by atoms with Crippen molar-refractivity contribution in [3.05, 3.63) is 17.8 Å². The lowest BCUT2D eigenvalue weighted by Gasteiger charge is -2.12. The zero-order chi connectivity index (χ0) is 13.8. The summed E-state index contributed by atoms with van der Waals surface area (Å²) in [6.45, 7) is 0. The third-order valence-electron chi connectivity index (χ3n) is 3.24. The zero-order valence-electron chi connectivity index (χ0n) is 10.6. The van der Waals surface area contributed by atoms with E-state index in [1.54, 1.807) is 6.07 Å². The molecule has 0 unspecified atom stereocenters. The number of amides is 1. The van der Waals surface area contributed by atoms with Gasteiger partial charge < -0.3 is 15.8 Å². The lowest BCUT2D eigenvalue weighted by atomic mass is 10.1. The van der Waals surface area contributed by atoms with Gasteiger partial charge in [-0.25, -0.2) is 0 Å². The third-order valence-corrected chi connectivity index (χ3v) is 3.24. The second kappa shape index (κ2) is 5.64. The first-order valence-corrected chi connectivity index (χ1v) is 6.08. The van der Waals surface area contributed by atoms with Crippen molar-refractivity contribution in [2.45, 2.75) is 25.3 Å². The topological polar surface area (TPSA) is 107 Å². The van der Waals surface area contributed by atoms with Crippen molar-refractivity contribution >= 4 is 17.7 Å². The number of rotatable bonds is 4. The number of primary amides is 1. The van der Waals surface area contributed by atoms with Crippen LogP contribution >= 0.6 is 0 Å². The minimum absolute atomic E-state index is 0.0552. The molecule has 102 valence electrons. The predicted octanol–water partition coefficient (Wildman–Crippen LogP) is 0.329. The zero-order valence-corrected chi connectivity index (χ0v) is 10.6. The van der Waals surface area contributed by atoms with Crippen molar-refractivity contribution in [1.29, 1.82) is 0 Å². The van der Waals surface area contributed by atoms with Gasteiger partial charge in [0.25, 0.3) is 5.91 Å². The molecule has 2 rings (SSSR count). The molecule has 3 N–H and O–H groups in total. The monoisotopic (exact) mass is 264 g/mol. The van der Waals surface area contributed by atoms with Gasteiger partial charge >= 0.3 is 5.97 Å². The Kier molecular flexibility index (Phi) is 3.94. The fourth-order valence-corrected chi connectivity index (χ4v) is 2.24. The average molecular weight is 264 g/mol. The van der Waals surface area contributed by atoms with Crippen molar-refractivity contribution in [1.82, 2.24) is 10.2 Å². The largest absolute Gasteiger partial charge is 0.469 e. The predicted molar refractivity (Wildman–Crippen MR) is 67.3 cm³/mol. The van der Waals surface area contributed by atoms with Crippen LogP contribution in [-0.4, -0.2) is 35.2 Å². The Morgan fingerprint density at radius 3 is 2.74 bits per heavy atom. The molecule has 1 saturated carbocycles. The van der Waals surface area contributed by atoms with Crippen LogP contribution in [0.1, 0.15) is 29.8 Å². The highest BCUT2D eigenvalue weighted by Crippen LogP contribution is 2.28. The van der Waals surface area contributed by atoms with Crippen molar-refractivity contribution in [3.63, 3.8) is 0 Å². The Hall–Kier alpha value is -2.18. The summed E-state index contributed by atoms with van der Waals surface area (Å²) >= 11 is 0. The molecule has 1 aliphatic carbocycles. The van der Waals surface area contributed by atoms with Crippen LogP contribution in [0.4, 0.5) is 5.82 Å². The van der Waals surface area contributed by atoms with Gasteiger partial charge in [0.2, 0.25) is 0 Å². The quantitative estimate of drug-likeness (QED) is 0.759. The number of aromatic nitrogens is 2. The Balaban J connectivity index is 1.92. The maximum absolute atomic E-state index is 11.4. The first-order chi connectivity index (χ1) is 9.10. The average Bonchev–Trinajstić information content (AvgIpc) is 2.87. The van der Waals surface area contributed by atoms with E-state index in [2.05, 4.69) is 15.5 Å². The lowest BCUT2D eigenvalue weighted by molar-refractivity contribution is -0.145. The van der Waals surface area contributed by atoms with Crippen LogP contribution in [0.25, 0.3) is 0 Å². The standard InChI is InChI=1S/C12H16N4O3/c1-19-12(18)7-2-3-8(6-7)14-10-5-4-9(11(13)17)15-16-10/h4-5,7-8H,2-3,6H2,1H3,(H2,13,17)(H,14,16)/t7-,8+/m0/s1. The van der Waals surface area contributed by atoms with Crippen molar-refractivity contribution in [3.8, 4) is 0 Å². The summed E-state index contributed by atoms with van der Waals surface area (Å²) in [6, 6.07) is 3.33. The molecule has 19 heavy (non-hydrogen) atoms. The molecule has 0 spiro atoms. The van der Waals surface area contributed by atoms with Gasteiger partial charge in [-0.1, -0.05) is 0 Å². The molecule has 0 aromatic carbocycles. The fourth-order valence-electron chi connectivity index (χ4n) is 2.24. The van der Waals surface area contributed by atoms with Gasteiger partial charge in [-0.3, -0.25) is 9.59 Å². The van der Waals surface area contributed by atoms with E-state index in [0.29, 0.717) is 12.2 Å². The maximum Gasteiger partial charge on any atom is 0.308 e. The molecule has 1 heterocycles. The molecular formula is C12H16N4O3. The van der Waals surface area contributed by atoms with E-state index >= 15 is 0 Å². The van der Waals surface area contributed by atoms with Crippen molar-refractivity contribution < 1.29 is 14.3 Å². The van der Waals surface area contributed by atoms with Gasteiger partial charge in [0.1, 0.15) is 5.82 Å². The first kappa shape index (κ1) is 13.3. The normalized spacial score (nSPS) is 21.9. The number of anilines is 1. The van der Waals surface area contributed by atoms with Gasteiger partial charge in [-0.15, -0.1) is 10.2 Å². The van der Waals surface area contributed by atoms with E-state index in [1.807, 2.05) is 0 Å². The minimum atomic E-state index is -0.606. The number of hydrogen-bond donors (Lipinski definition) is 2. The summed E-state index contributed by atoms with van der Waals surface area (Å²) in [5.41, 5.74) is 5.21. The highest BCUT2D eigenvalue weighted by Gasteiger charge is 2.30. The molecule has 1 amide bonds. The van der Waals surface area contributed by atoms with Gasteiger partial charge in [0.05, 0.1) is 13.0 Å². The van der Waals surface area contributed by atoms with Gasteiger partial charge in [-0.2, -0.15) is 0 Å². The number of hydrogen-bond acceptors (Lipinski definition) is 6. The maximum atomic E-state index is 11.4. The molecule has 1 aliphatic rings. The van der Waals surface area contributed by atoms with Crippen LogP contribution in [0, 0.1) is 5.92 Å². The van der Waals surface area contributed by atoms with Crippen LogP contribution in [0.2, 0.25) is 0 Å². The summed E-state index contributed by atoms with van der Waals surface area (Å²) in [5.74, 6) is -0.258. The van der Waals surface area contributed by atoms with Crippen LogP contribution in [0.15, 0.2) is 12.1 Å². The van der Waals surface area contributed by atoms with Crippen molar-refractivity contribution in [2.75, 3.05) is 12.4 Å². The van der Waals surface area contributed by atoms with Gasteiger partial charge in [0, 0.05) is 6.04 Å². The Labute approximate surface area is 110 Å². The van der Waals surface area contributed by atoms with Crippen LogP contribution < -0.4 is 11.1 Å². The molecule has 7 heteroatoms. The number of ether oxygens (including phenoxy) is 1. The van der Waals surface area contributed by atoms with E-state index in [1.165, 1.54) is 13.2 Å². The van der Waals surface area contributed by atoms with Crippen molar-refractivity contribution in [2.24, 2.45) is 11.7 Å². The van der Waals surface area contributed by atoms with Gasteiger partial charge in [0.15, 0.2) is 5.69 Å². The minimum Gasteiger partial charge on any atom is -0.469 e. The number of methoxy groups -OCH3 is 1.